The van der Waals surface area contributed by atoms with Gasteiger partial charge >= 0.3 is 0 Å². The average molecular weight is 335 g/mol. The van der Waals surface area contributed by atoms with Crippen molar-refractivity contribution in [3.8, 4) is 5.75 Å². The topological polar surface area (TPSA) is 47.4 Å². The van der Waals surface area contributed by atoms with E-state index < -0.39 is 6.10 Å². The van der Waals surface area contributed by atoms with E-state index in [-0.39, 0.29) is 11.9 Å². The third kappa shape index (κ3) is 3.09. The Bertz CT molecular complexity index is 875. The van der Waals surface area contributed by atoms with Gasteiger partial charge in [0.15, 0.2) is 6.10 Å². The first-order valence-electron chi connectivity index (χ1n) is 8.64. The molecule has 0 N–H and O–H groups in total. The molecule has 1 amide bonds. The summed E-state index contributed by atoms with van der Waals surface area (Å²) in [5.41, 5.74) is 2.11. The predicted octanol–water partition coefficient (Wildman–Crippen LogP) is 3.28. The van der Waals surface area contributed by atoms with Gasteiger partial charge in [0.1, 0.15) is 5.75 Å². The number of likely N-dealkylation sites (tertiary alicyclic amines) is 1. The van der Waals surface area contributed by atoms with Crippen molar-refractivity contribution in [1.82, 2.24) is 14.5 Å². The van der Waals surface area contributed by atoms with Crippen molar-refractivity contribution in [2.24, 2.45) is 0 Å². The van der Waals surface area contributed by atoms with Gasteiger partial charge in [0.05, 0.1) is 23.4 Å². The Kier molecular flexibility index (Phi) is 4.14. The van der Waals surface area contributed by atoms with Crippen molar-refractivity contribution in [3.63, 3.8) is 0 Å². The molecule has 1 fully saturated rings. The van der Waals surface area contributed by atoms with Gasteiger partial charge in [0.25, 0.3) is 5.91 Å². The Balaban J connectivity index is 1.44. The smallest absolute Gasteiger partial charge is 0.263 e. The number of benzene rings is 2. The minimum atomic E-state index is -0.485. The monoisotopic (exact) mass is 335 g/mol. The van der Waals surface area contributed by atoms with E-state index in [1.165, 1.54) is 0 Å². The molecule has 2 heterocycles. The van der Waals surface area contributed by atoms with Crippen LogP contribution in [0.5, 0.6) is 5.75 Å². The molecule has 1 aliphatic rings. The summed E-state index contributed by atoms with van der Waals surface area (Å²) < 4.78 is 7.96. The summed E-state index contributed by atoms with van der Waals surface area (Å²) in [5, 5.41) is 0. The zero-order chi connectivity index (χ0) is 17.2. The zero-order valence-electron chi connectivity index (χ0n) is 14.2. The molecular formula is C20H21N3O2. The number of fused-ring (bicyclic) bond motifs is 1. The van der Waals surface area contributed by atoms with Gasteiger partial charge in [-0.25, -0.2) is 4.98 Å². The molecule has 2 aromatic carbocycles. The minimum absolute atomic E-state index is 0.0378. The molecule has 128 valence electrons. The summed E-state index contributed by atoms with van der Waals surface area (Å²) in [6.07, 6.45) is 2.33. The maximum absolute atomic E-state index is 12.7. The number of amides is 1. The highest BCUT2D eigenvalue weighted by molar-refractivity contribution is 5.81. The first kappa shape index (κ1) is 15.7. The molecule has 1 aliphatic heterocycles. The highest BCUT2D eigenvalue weighted by Gasteiger charge is 2.31. The van der Waals surface area contributed by atoms with E-state index in [9.17, 15) is 4.79 Å². The highest BCUT2D eigenvalue weighted by atomic mass is 16.5. The van der Waals surface area contributed by atoms with E-state index in [2.05, 4.69) is 15.6 Å². The Labute approximate surface area is 146 Å². The fraction of sp³-hybridized carbons (Fsp3) is 0.300. The third-order valence-corrected chi connectivity index (χ3v) is 4.75. The van der Waals surface area contributed by atoms with Crippen LogP contribution in [0.15, 0.2) is 60.9 Å². The molecule has 0 spiro atoms. The summed E-state index contributed by atoms with van der Waals surface area (Å²) >= 11 is 0. The van der Waals surface area contributed by atoms with Crippen LogP contribution in [0.2, 0.25) is 0 Å². The van der Waals surface area contributed by atoms with Gasteiger partial charge in [0, 0.05) is 13.1 Å². The number of imidazole rings is 1. The summed E-state index contributed by atoms with van der Waals surface area (Å²) in [5.74, 6) is 0.760. The molecule has 1 aromatic heterocycles. The van der Waals surface area contributed by atoms with E-state index in [4.69, 9.17) is 4.74 Å². The van der Waals surface area contributed by atoms with Crippen LogP contribution in [-0.4, -0.2) is 39.6 Å². The van der Waals surface area contributed by atoms with Gasteiger partial charge in [-0.15, -0.1) is 0 Å². The predicted molar refractivity (Wildman–Crippen MR) is 96.5 cm³/mol. The Hall–Kier alpha value is -2.82. The summed E-state index contributed by atoms with van der Waals surface area (Å²) in [4.78, 5) is 19.1. The lowest BCUT2D eigenvalue weighted by Crippen LogP contribution is -2.39. The standard InChI is InChI=1S/C20H21N3O2/c1-15(25-17-7-3-2-4-8-17)20(24)22-12-11-16(13-22)23-14-21-18-9-5-6-10-19(18)23/h2-10,14-16H,11-13H2,1H3. The van der Waals surface area contributed by atoms with Crippen molar-refractivity contribution in [2.45, 2.75) is 25.5 Å². The molecule has 1 saturated heterocycles. The van der Waals surface area contributed by atoms with Crippen molar-refractivity contribution >= 4 is 16.9 Å². The van der Waals surface area contributed by atoms with Crippen LogP contribution < -0.4 is 4.74 Å². The van der Waals surface area contributed by atoms with Gasteiger partial charge < -0.3 is 14.2 Å². The van der Waals surface area contributed by atoms with Crippen molar-refractivity contribution in [1.29, 1.82) is 0 Å². The molecular weight excluding hydrogens is 314 g/mol. The lowest BCUT2D eigenvalue weighted by Gasteiger charge is -2.22. The van der Waals surface area contributed by atoms with Crippen LogP contribution in [0.25, 0.3) is 11.0 Å². The number of aromatic nitrogens is 2. The van der Waals surface area contributed by atoms with Gasteiger partial charge in [-0.3, -0.25) is 4.79 Å². The first-order chi connectivity index (χ1) is 12.2. The van der Waals surface area contributed by atoms with Crippen LogP contribution in [0.1, 0.15) is 19.4 Å². The van der Waals surface area contributed by atoms with E-state index >= 15 is 0 Å². The number of hydrogen-bond donors (Lipinski definition) is 0. The molecule has 5 nitrogen and oxygen atoms in total. The van der Waals surface area contributed by atoms with Crippen molar-refractivity contribution in [2.75, 3.05) is 13.1 Å². The molecule has 0 bridgehead atoms. The lowest BCUT2D eigenvalue weighted by molar-refractivity contribution is -0.136. The number of hydrogen-bond acceptors (Lipinski definition) is 3. The summed E-state index contributed by atoms with van der Waals surface area (Å²) in [6, 6.07) is 17.8. The Morgan fingerprint density at radius 2 is 1.92 bits per heavy atom. The quantitative estimate of drug-likeness (QED) is 0.735. The highest BCUT2D eigenvalue weighted by Crippen LogP contribution is 2.26. The number of nitrogens with zero attached hydrogens (tertiary/aromatic N) is 3. The van der Waals surface area contributed by atoms with Crippen LogP contribution in [-0.2, 0) is 4.79 Å². The first-order valence-corrected chi connectivity index (χ1v) is 8.64. The molecule has 5 heteroatoms. The van der Waals surface area contributed by atoms with Gasteiger partial charge in [-0.2, -0.15) is 0 Å². The minimum Gasteiger partial charge on any atom is -0.481 e. The molecule has 25 heavy (non-hydrogen) atoms. The number of para-hydroxylation sites is 3. The average Bonchev–Trinajstić information content (AvgIpc) is 3.28. The molecule has 2 atom stereocenters. The number of ether oxygens (including phenoxy) is 1. The molecule has 2 unspecified atom stereocenters. The van der Waals surface area contributed by atoms with Gasteiger partial charge in [-0.05, 0) is 37.6 Å². The normalized spacial score (nSPS) is 18.4. The number of rotatable bonds is 4. The van der Waals surface area contributed by atoms with Gasteiger partial charge in [-0.1, -0.05) is 30.3 Å². The van der Waals surface area contributed by atoms with Crippen LogP contribution in [0.4, 0.5) is 0 Å². The van der Waals surface area contributed by atoms with Crippen LogP contribution >= 0.6 is 0 Å². The largest absolute Gasteiger partial charge is 0.481 e. The third-order valence-electron chi connectivity index (χ3n) is 4.75. The Morgan fingerprint density at radius 1 is 1.16 bits per heavy atom. The fourth-order valence-corrected chi connectivity index (χ4v) is 3.45. The maximum Gasteiger partial charge on any atom is 0.263 e. The molecule has 4 rings (SSSR count). The number of carbonyl (C=O) groups excluding carboxylic acids is 1. The summed E-state index contributed by atoms with van der Waals surface area (Å²) in [6.45, 7) is 3.26. The lowest BCUT2D eigenvalue weighted by atomic mass is 10.2. The van der Waals surface area contributed by atoms with Crippen molar-refractivity contribution < 1.29 is 9.53 Å². The fourth-order valence-electron chi connectivity index (χ4n) is 3.45. The SMILES string of the molecule is CC(Oc1ccccc1)C(=O)N1CCC(n2cnc3ccccc32)C1. The molecule has 0 saturated carbocycles. The van der Waals surface area contributed by atoms with E-state index in [1.54, 1.807) is 0 Å². The molecule has 0 aliphatic carbocycles. The second-order valence-electron chi connectivity index (χ2n) is 6.44. The molecule has 0 radical (unpaired) electrons. The number of carbonyl (C=O) groups is 1. The van der Waals surface area contributed by atoms with Crippen molar-refractivity contribution in [3.05, 3.63) is 60.9 Å². The van der Waals surface area contributed by atoms with Crippen LogP contribution in [0.3, 0.4) is 0 Å². The zero-order valence-corrected chi connectivity index (χ0v) is 14.2. The second-order valence-corrected chi connectivity index (χ2v) is 6.44. The maximum atomic E-state index is 12.7. The van der Waals surface area contributed by atoms with Crippen LogP contribution in [0, 0.1) is 0 Å². The van der Waals surface area contributed by atoms with E-state index in [0.29, 0.717) is 6.54 Å². The van der Waals surface area contributed by atoms with E-state index in [1.807, 2.05) is 66.7 Å². The van der Waals surface area contributed by atoms with E-state index in [0.717, 1.165) is 29.7 Å². The Morgan fingerprint density at radius 3 is 2.76 bits per heavy atom. The second kappa shape index (κ2) is 6.59. The summed E-state index contributed by atoms with van der Waals surface area (Å²) in [7, 11) is 0. The molecule has 3 aromatic rings. The van der Waals surface area contributed by atoms with Gasteiger partial charge in [0.2, 0.25) is 0 Å².